The molecule has 0 aromatic heterocycles. The molecular formula is C23H27NO5. The third-order valence-corrected chi connectivity index (χ3v) is 5.64. The molecule has 0 radical (unpaired) electrons. The number of aryl methyl sites for hydroxylation is 2. The summed E-state index contributed by atoms with van der Waals surface area (Å²) in [7, 11) is 0. The summed E-state index contributed by atoms with van der Waals surface area (Å²) < 4.78 is 5.71. The zero-order valence-corrected chi connectivity index (χ0v) is 16.6. The summed E-state index contributed by atoms with van der Waals surface area (Å²) in [6.45, 7) is 3.42. The molecule has 6 nitrogen and oxygen atoms in total. The van der Waals surface area contributed by atoms with E-state index in [0.29, 0.717) is 17.5 Å². The van der Waals surface area contributed by atoms with Crippen LogP contribution in [0.1, 0.15) is 46.4 Å². The summed E-state index contributed by atoms with van der Waals surface area (Å²) in [4.78, 5) is 0. The normalized spacial score (nSPS) is 26.9. The molecule has 1 unspecified atom stereocenters. The minimum absolute atomic E-state index is 0.479. The molecule has 1 fully saturated rings. The van der Waals surface area contributed by atoms with Gasteiger partial charge in [-0.2, -0.15) is 5.26 Å². The Balaban J connectivity index is 1.97. The van der Waals surface area contributed by atoms with Gasteiger partial charge in [-0.25, -0.2) is 0 Å². The molecule has 4 N–H and O–H groups in total. The Kier molecular flexibility index (Phi) is 6.68. The number of nitriles is 1. The molecule has 0 bridgehead atoms. The van der Waals surface area contributed by atoms with Gasteiger partial charge in [-0.1, -0.05) is 37.3 Å². The van der Waals surface area contributed by atoms with Gasteiger partial charge in [0.2, 0.25) is 0 Å². The first-order valence-corrected chi connectivity index (χ1v) is 9.81. The zero-order chi connectivity index (χ0) is 21.1. The average Bonchev–Trinajstić information content (AvgIpc) is 2.74. The second-order valence-electron chi connectivity index (χ2n) is 7.57. The highest BCUT2D eigenvalue weighted by atomic mass is 16.5. The van der Waals surface area contributed by atoms with Crippen molar-refractivity contribution >= 4 is 0 Å². The summed E-state index contributed by atoms with van der Waals surface area (Å²) in [5.41, 5.74) is 4.98. The van der Waals surface area contributed by atoms with Gasteiger partial charge in [0.05, 0.1) is 18.2 Å². The van der Waals surface area contributed by atoms with E-state index in [-0.39, 0.29) is 0 Å². The van der Waals surface area contributed by atoms with Crippen LogP contribution in [-0.2, 0) is 17.6 Å². The van der Waals surface area contributed by atoms with Crippen LogP contribution in [0.4, 0.5) is 0 Å². The fourth-order valence-electron chi connectivity index (χ4n) is 3.80. The molecule has 3 rings (SSSR count). The minimum Gasteiger partial charge on any atom is -0.394 e. The van der Waals surface area contributed by atoms with Crippen LogP contribution in [0.25, 0.3) is 0 Å². The maximum atomic E-state index is 10.5. The number of nitrogens with zero attached hydrogens (tertiary/aromatic N) is 1. The van der Waals surface area contributed by atoms with E-state index in [9.17, 15) is 25.7 Å². The van der Waals surface area contributed by atoms with E-state index in [2.05, 4.69) is 25.1 Å². The van der Waals surface area contributed by atoms with Crippen molar-refractivity contribution in [2.24, 2.45) is 0 Å². The number of benzene rings is 2. The highest BCUT2D eigenvalue weighted by Crippen LogP contribution is 2.35. The molecule has 6 heteroatoms. The largest absolute Gasteiger partial charge is 0.394 e. The van der Waals surface area contributed by atoms with Crippen LogP contribution < -0.4 is 0 Å². The average molecular weight is 397 g/mol. The van der Waals surface area contributed by atoms with E-state index in [1.165, 1.54) is 5.56 Å². The monoisotopic (exact) mass is 397 g/mol. The molecule has 0 saturated carbocycles. The Labute approximate surface area is 170 Å². The Morgan fingerprint density at radius 2 is 1.66 bits per heavy atom. The first-order valence-electron chi connectivity index (χ1n) is 9.81. The zero-order valence-electron chi connectivity index (χ0n) is 16.6. The lowest BCUT2D eigenvalue weighted by molar-refractivity contribution is -0.231. The van der Waals surface area contributed by atoms with Crippen molar-refractivity contribution in [1.29, 1.82) is 5.26 Å². The van der Waals surface area contributed by atoms with Crippen LogP contribution in [0, 0.1) is 18.3 Å². The second kappa shape index (κ2) is 9.04. The topological polar surface area (TPSA) is 114 Å². The van der Waals surface area contributed by atoms with Gasteiger partial charge in [0.25, 0.3) is 0 Å². The van der Waals surface area contributed by atoms with Gasteiger partial charge in [-0.15, -0.1) is 0 Å². The second-order valence-corrected chi connectivity index (χ2v) is 7.57. The predicted octanol–water partition coefficient (Wildman–Crippen LogP) is 1.53. The van der Waals surface area contributed by atoms with Gasteiger partial charge in [0, 0.05) is 0 Å². The fraction of sp³-hybridized carbons (Fsp3) is 0.435. The quantitative estimate of drug-likeness (QED) is 0.609. The molecule has 2 aromatic carbocycles. The molecule has 1 heterocycles. The first kappa shape index (κ1) is 21.4. The van der Waals surface area contributed by atoms with Gasteiger partial charge in [-0.3, -0.25) is 0 Å². The summed E-state index contributed by atoms with van der Waals surface area (Å²) in [5.74, 6) is 0. The van der Waals surface area contributed by atoms with Crippen LogP contribution in [0.3, 0.4) is 0 Å². The van der Waals surface area contributed by atoms with Crippen LogP contribution in [0.2, 0.25) is 0 Å². The van der Waals surface area contributed by atoms with Crippen molar-refractivity contribution in [1.82, 2.24) is 0 Å². The molecule has 1 aliphatic rings. The smallest absolute Gasteiger partial charge is 0.113 e. The van der Waals surface area contributed by atoms with Crippen LogP contribution in [0.15, 0.2) is 36.4 Å². The van der Waals surface area contributed by atoms with E-state index in [4.69, 9.17) is 4.74 Å². The van der Waals surface area contributed by atoms with E-state index in [1.807, 2.05) is 18.2 Å². The number of aliphatic hydroxyl groups excluding tert-OH is 4. The third-order valence-electron chi connectivity index (χ3n) is 5.64. The van der Waals surface area contributed by atoms with Gasteiger partial charge in [0.1, 0.15) is 30.5 Å². The van der Waals surface area contributed by atoms with Crippen molar-refractivity contribution in [3.05, 3.63) is 69.8 Å². The van der Waals surface area contributed by atoms with Crippen LogP contribution in [0.5, 0.6) is 0 Å². The molecular weight excluding hydrogens is 370 g/mol. The Hall–Kier alpha value is -2.27. The lowest BCUT2D eigenvalue weighted by Gasteiger charge is -2.40. The first-order chi connectivity index (χ1) is 13.9. The highest BCUT2D eigenvalue weighted by Gasteiger charge is 2.44. The maximum Gasteiger partial charge on any atom is 0.113 e. The molecule has 0 amide bonds. The SMILES string of the molecule is CCc1ccc(Cc2cc([C@@H]3OC(CO)[C@@H](O)[C@H](O)[C@H]3O)c(C)cc2C#N)cc1. The standard InChI is InChI=1S/C23H27NO5/c1-3-14-4-6-15(7-5-14)9-16-10-18(13(2)8-17(16)11-24)23-22(28)21(27)20(26)19(12-25)29-23/h4-8,10,19-23,25-28H,3,9,12H2,1-2H3/t19?,20-,21+,22-,23+/m1/s1. The molecule has 154 valence electrons. The van der Waals surface area contributed by atoms with Crippen molar-refractivity contribution in [3.63, 3.8) is 0 Å². The fourth-order valence-corrected chi connectivity index (χ4v) is 3.80. The summed E-state index contributed by atoms with van der Waals surface area (Å²) in [5, 5.41) is 49.7. The Bertz CT molecular complexity index is 887. The summed E-state index contributed by atoms with van der Waals surface area (Å²) in [6.07, 6.45) is -4.59. The Morgan fingerprint density at radius 3 is 2.24 bits per heavy atom. The predicted molar refractivity (Wildman–Crippen MR) is 107 cm³/mol. The molecule has 5 atom stereocenters. The van der Waals surface area contributed by atoms with Gasteiger partial charge < -0.3 is 25.2 Å². The lowest BCUT2D eigenvalue weighted by Crippen LogP contribution is -2.55. The highest BCUT2D eigenvalue weighted by molar-refractivity contribution is 5.47. The number of rotatable bonds is 5. The van der Waals surface area contributed by atoms with Crippen LogP contribution in [-0.4, -0.2) is 51.4 Å². The molecule has 0 aliphatic carbocycles. The maximum absolute atomic E-state index is 10.5. The van der Waals surface area contributed by atoms with E-state index >= 15 is 0 Å². The summed E-state index contributed by atoms with van der Waals surface area (Å²) in [6, 6.07) is 14.0. The van der Waals surface area contributed by atoms with E-state index < -0.39 is 37.1 Å². The molecule has 2 aromatic rings. The van der Waals surface area contributed by atoms with Crippen molar-refractivity contribution in [2.45, 2.75) is 57.2 Å². The minimum atomic E-state index is -1.44. The van der Waals surface area contributed by atoms with Gasteiger partial charge in [0.15, 0.2) is 0 Å². The number of aliphatic hydroxyl groups is 4. The molecule has 1 saturated heterocycles. The summed E-state index contributed by atoms with van der Waals surface area (Å²) >= 11 is 0. The van der Waals surface area contributed by atoms with Crippen molar-refractivity contribution in [3.8, 4) is 6.07 Å². The number of ether oxygens (including phenoxy) is 1. The lowest BCUT2D eigenvalue weighted by atomic mass is 9.86. The van der Waals surface area contributed by atoms with E-state index in [1.54, 1.807) is 13.0 Å². The molecule has 29 heavy (non-hydrogen) atoms. The van der Waals surface area contributed by atoms with Crippen molar-refractivity contribution < 1.29 is 25.2 Å². The molecule has 1 aliphatic heterocycles. The number of hydrogen-bond donors (Lipinski definition) is 4. The van der Waals surface area contributed by atoms with Crippen LogP contribution >= 0.6 is 0 Å². The van der Waals surface area contributed by atoms with Crippen molar-refractivity contribution in [2.75, 3.05) is 6.61 Å². The number of hydrogen-bond acceptors (Lipinski definition) is 6. The van der Waals surface area contributed by atoms with Gasteiger partial charge in [-0.05, 0) is 53.6 Å². The molecule has 0 spiro atoms. The van der Waals surface area contributed by atoms with E-state index in [0.717, 1.165) is 23.1 Å². The third kappa shape index (κ3) is 4.35. The Morgan fingerprint density at radius 1 is 1.00 bits per heavy atom. The van der Waals surface area contributed by atoms with Gasteiger partial charge >= 0.3 is 0 Å².